The largest absolute Gasteiger partial charge is 0.326 e. The molecular formula is C22H26ClN3O3. The molecule has 0 aromatic heterocycles. The van der Waals surface area contributed by atoms with E-state index in [9.17, 15) is 14.4 Å². The van der Waals surface area contributed by atoms with E-state index in [0.717, 1.165) is 11.1 Å². The van der Waals surface area contributed by atoms with Crippen LogP contribution in [0.4, 0.5) is 5.69 Å². The van der Waals surface area contributed by atoms with Gasteiger partial charge in [0, 0.05) is 29.1 Å². The second-order valence-corrected chi connectivity index (χ2v) is 8.20. The number of carbonyl (C=O) groups excluding carboxylic acids is 3. The van der Waals surface area contributed by atoms with Crippen molar-refractivity contribution in [3.05, 3.63) is 64.2 Å². The summed E-state index contributed by atoms with van der Waals surface area (Å²) in [5.41, 5.74) is 7.59. The Morgan fingerprint density at radius 3 is 2.14 bits per heavy atom. The van der Waals surface area contributed by atoms with E-state index < -0.39 is 11.8 Å². The van der Waals surface area contributed by atoms with Gasteiger partial charge in [-0.3, -0.25) is 25.2 Å². The number of anilines is 1. The van der Waals surface area contributed by atoms with Crippen LogP contribution in [0.2, 0.25) is 5.02 Å². The van der Waals surface area contributed by atoms with Crippen LogP contribution in [0.15, 0.2) is 42.5 Å². The lowest BCUT2D eigenvalue weighted by Crippen LogP contribution is -2.41. The highest BCUT2D eigenvalue weighted by atomic mass is 35.5. The highest BCUT2D eigenvalue weighted by Crippen LogP contribution is 2.23. The molecule has 6 nitrogen and oxygen atoms in total. The van der Waals surface area contributed by atoms with Crippen LogP contribution in [0.5, 0.6) is 0 Å². The molecule has 0 aliphatic carbocycles. The first-order valence-electron chi connectivity index (χ1n) is 9.32. The molecule has 0 spiro atoms. The predicted octanol–water partition coefficient (Wildman–Crippen LogP) is 4.13. The summed E-state index contributed by atoms with van der Waals surface area (Å²) in [6, 6.07) is 12.4. The Balaban J connectivity index is 1.78. The van der Waals surface area contributed by atoms with Gasteiger partial charge in [0.15, 0.2) is 0 Å². The standard InChI is InChI=1S/C22H26ClN3O3/c1-14-17(23)6-5-7-18(14)24-19(27)12-13-20(28)25-26-21(29)15-8-10-16(11-9-15)22(2,3)4/h5-11H,12-13H2,1-4H3,(H,24,27)(H,25,28)(H,26,29). The fourth-order valence-electron chi connectivity index (χ4n) is 2.57. The summed E-state index contributed by atoms with van der Waals surface area (Å²) in [6.07, 6.45) is -0.0807. The van der Waals surface area contributed by atoms with Crippen molar-refractivity contribution in [1.82, 2.24) is 10.9 Å². The number of rotatable bonds is 5. The maximum atomic E-state index is 12.1. The molecule has 154 valence electrons. The van der Waals surface area contributed by atoms with Crippen molar-refractivity contribution in [2.75, 3.05) is 5.32 Å². The number of halogens is 1. The highest BCUT2D eigenvalue weighted by molar-refractivity contribution is 6.31. The summed E-state index contributed by atoms with van der Waals surface area (Å²) in [6.45, 7) is 8.07. The third-order valence-electron chi connectivity index (χ3n) is 4.45. The molecule has 29 heavy (non-hydrogen) atoms. The van der Waals surface area contributed by atoms with Crippen LogP contribution >= 0.6 is 11.6 Å². The van der Waals surface area contributed by atoms with Crippen LogP contribution in [0, 0.1) is 6.92 Å². The van der Waals surface area contributed by atoms with E-state index in [1.807, 2.05) is 12.1 Å². The second kappa shape index (κ2) is 9.56. The van der Waals surface area contributed by atoms with E-state index in [0.29, 0.717) is 16.3 Å². The van der Waals surface area contributed by atoms with Crippen molar-refractivity contribution >= 4 is 35.0 Å². The molecule has 0 aliphatic heterocycles. The molecule has 2 rings (SSSR count). The summed E-state index contributed by atoms with van der Waals surface area (Å²) in [7, 11) is 0. The Hall–Kier alpha value is -2.86. The molecular weight excluding hydrogens is 390 g/mol. The number of hydrogen-bond donors (Lipinski definition) is 3. The molecule has 0 saturated carbocycles. The maximum Gasteiger partial charge on any atom is 0.269 e. The minimum atomic E-state index is -0.456. The fraction of sp³-hybridized carbons (Fsp3) is 0.318. The zero-order valence-corrected chi connectivity index (χ0v) is 17.8. The number of hydrazine groups is 1. The number of benzene rings is 2. The minimum absolute atomic E-state index is 0.00653. The van der Waals surface area contributed by atoms with Gasteiger partial charge in [-0.2, -0.15) is 0 Å². The van der Waals surface area contributed by atoms with Gasteiger partial charge in [0.05, 0.1) is 0 Å². The molecule has 7 heteroatoms. The normalized spacial score (nSPS) is 10.9. The second-order valence-electron chi connectivity index (χ2n) is 7.79. The molecule has 2 aromatic rings. The summed E-state index contributed by atoms with van der Waals surface area (Å²) in [5, 5.41) is 3.28. The Labute approximate surface area is 176 Å². The fourth-order valence-corrected chi connectivity index (χ4v) is 2.74. The molecule has 0 radical (unpaired) electrons. The molecule has 0 heterocycles. The molecule has 0 bridgehead atoms. The molecule has 0 atom stereocenters. The van der Waals surface area contributed by atoms with Crippen LogP contribution in [0.3, 0.4) is 0 Å². The average Bonchev–Trinajstić information content (AvgIpc) is 2.67. The van der Waals surface area contributed by atoms with Crippen molar-refractivity contribution in [3.63, 3.8) is 0 Å². The van der Waals surface area contributed by atoms with E-state index in [1.54, 1.807) is 37.3 Å². The SMILES string of the molecule is Cc1c(Cl)cccc1NC(=O)CCC(=O)NNC(=O)c1ccc(C(C)(C)C)cc1. The van der Waals surface area contributed by atoms with Gasteiger partial charge in [0.1, 0.15) is 0 Å². The number of nitrogens with one attached hydrogen (secondary N) is 3. The lowest BCUT2D eigenvalue weighted by molar-refractivity contribution is -0.124. The first-order chi connectivity index (χ1) is 13.6. The first kappa shape index (κ1) is 22.4. The lowest BCUT2D eigenvalue weighted by Gasteiger charge is -2.19. The Morgan fingerprint density at radius 2 is 1.52 bits per heavy atom. The van der Waals surface area contributed by atoms with Crippen LogP contribution in [-0.2, 0) is 15.0 Å². The van der Waals surface area contributed by atoms with Gasteiger partial charge < -0.3 is 5.32 Å². The minimum Gasteiger partial charge on any atom is -0.326 e. The Kier molecular flexibility index (Phi) is 7.40. The third-order valence-corrected chi connectivity index (χ3v) is 4.86. The van der Waals surface area contributed by atoms with Gasteiger partial charge in [-0.15, -0.1) is 0 Å². The Bertz CT molecular complexity index is 903. The number of amides is 3. The van der Waals surface area contributed by atoms with Crippen LogP contribution in [0.25, 0.3) is 0 Å². The first-order valence-corrected chi connectivity index (χ1v) is 9.70. The van der Waals surface area contributed by atoms with Crippen molar-refractivity contribution in [1.29, 1.82) is 0 Å². The zero-order chi connectivity index (χ0) is 21.6. The monoisotopic (exact) mass is 415 g/mol. The molecule has 0 fully saturated rings. The topological polar surface area (TPSA) is 87.3 Å². The average molecular weight is 416 g/mol. The molecule has 2 aromatic carbocycles. The van der Waals surface area contributed by atoms with Gasteiger partial charge in [0.2, 0.25) is 11.8 Å². The summed E-state index contributed by atoms with van der Waals surface area (Å²) in [4.78, 5) is 36.1. The molecule has 3 amide bonds. The van der Waals surface area contributed by atoms with Crippen LogP contribution < -0.4 is 16.2 Å². The van der Waals surface area contributed by atoms with Crippen molar-refractivity contribution < 1.29 is 14.4 Å². The van der Waals surface area contributed by atoms with E-state index in [1.165, 1.54) is 0 Å². The van der Waals surface area contributed by atoms with Crippen molar-refractivity contribution in [2.24, 2.45) is 0 Å². The highest BCUT2D eigenvalue weighted by Gasteiger charge is 2.15. The quantitative estimate of drug-likeness (QED) is 0.642. The van der Waals surface area contributed by atoms with Crippen molar-refractivity contribution in [2.45, 2.75) is 46.0 Å². The zero-order valence-electron chi connectivity index (χ0n) is 17.1. The molecule has 0 unspecified atom stereocenters. The summed E-state index contributed by atoms with van der Waals surface area (Å²) >= 11 is 6.02. The smallest absolute Gasteiger partial charge is 0.269 e. The van der Waals surface area contributed by atoms with Crippen molar-refractivity contribution in [3.8, 4) is 0 Å². The summed E-state index contributed by atoms with van der Waals surface area (Å²) < 4.78 is 0. The van der Waals surface area contributed by atoms with Crippen LogP contribution in [-0.4, -0.2) is 17.7 Å². The van der Waals surface area contributed by atoms with Gasteiger partial charge in [-0.25, -0.2) is 0 Å². The lowest BCUT2D eigenvalue weighted by atomic mass is 9.87. The van der Waals surface area contributed by atoms with Gasteiger partial charge >= 0.3 is 0 Å². The van der Waals surface area contributed by atoms with Gasteiger partial charge in [-0.1, -0.05) is 50.6 Å². The van der Waals surface area contributed by atoms with E-state index in [4.69, 9.17) is 11.6 Å². The number of carbonyl (C=O) groups is 3. The predicted molar refractivity (Wildman–Crippen MR) is 115 cm³/mol. The maximum absolute atomic E-state index is 12.1. The van der Waals surface area contributed by atoms with Gasteiger partial charge in [0.25, 0.3) is 5.91 Å². The molecule has 3 N–H and O–H groups in total. The molecule has 0 saturated heterocycles. The Morgan fingerprint density at radius 1 is 0.897 bits per heavy atom. The van der Waals surface area contributed by atoms with E-state index >= 15 is 0 Å². The summed E-state index contributed by atoms with van der Waals surface area (Å²) in [5.74, 6) is -1.19. The van der Waals surface area contributed by atoms with E-state index in [-0.39, 0.29) is 24.2 Å². The third kappa shape index (κ3) is 6.61. The van der Waals surface area contributed by atoms with Gasteiger partial charge in [-0.05, 0) is 47.7 Å². The number of hydrogen-bond acceptors (Lipinski definition) is 3. The van der Waals surface area contributed by atoms with E-state index in [2.05, 4.69) is 36.9 Å². The van der Waals surface area contributed by atoms with Crippen LogP contribution in [0.1, 0.15) is 55.1 Å². The molecule has 0 aliphatic rings.